The third kappa shape index (κ3) is 2.08. The summed E-state index contributed by atoms with van der Waals surface area (Å²) in [7, 11) is 1.61. The highest BCUT2D eigenvalue weighted by Gasteiger charge is 2.22. The molecule has 1 aromatic rings. The van der Waals surface area contributed by atoms with E-state index in [0.29, 0.717) is 5.56 Å². The standard InChI is InChI=1S/C9H12O3S/c1-9(2,12-3)7-4-6(5-13-7)8(10)11/h4-5H,1-3H3,(H,10,11). The molecule has 0 aliphatic rings. The Morgan fingerprint density at radius 2 is 2.23 bits per heavy atom. The molecule has 72 valence electrons. The van der Waals surface area contributed by atoms with Crippen LogP contribution in [0.3, 0.4) is 0 Å². The number of hydrogen-bond donors (Lipinski definition) is 1. The fourth-order valence-electron chi connectivity index (χ4n) is 0.865. The van der Waals surface area contributed by atoms with Gasteiger partial charge in [-0.15, -0.1) is 11.3 Å². The molecule has 0 amide bonds. The van der Waals surface area contributed by atoms with E-state index in [2.05, 4.69) is 0 Å². The van der Waals surface area contributed by atoms with Crippen LogP contribution in [0.4, 0.5) is 0 Å². The zero-order valence-electron chi connectivity index (χ0n) is 7.83. The third-order valence-electron chi connectivity index (χ3n) is 1.95. The van der Waals surface area contributed by atoms with Crippen molar-refractivity contribution in [2.24, 2.45) is 0 Å². The first kappa shape index (κ1) is 10.2. The van der Waals surface area contributed by atoms with Crippen LogP contribution in [0.15, 0.2) is 11.4 Å². The molecule has 0 aliphatic carbocycles. The van der Waals surface area contributed by atoms with Gasteiger partial charge < -0.3 is 9.84 Å². The highest BCUT2D eigenvalue weighted by atomic mass is 32.1. The first-order valence-electron chi connectivity index (χ1n) is 3.85. The van der Waals surface area contributed by atoms with Crippen molar-refractivity contribution in [3.8, 4) is 0 Å². The topological polar surface area (TPSA) is 46.5 Å². The molecule has 0 radical (unpaired) electrons. The number of carboxylic acid groups (broad SMARTS) is 1. The van der Waals surface area contributed by atoms with Crippen molar-refractivity contribution in [2.45, 2.75) is 19.4 Å². The Labute approximate surface area is 81.0 Å². The smallest absolute Gasteiger partial charge is 0.336 e. The summed E-state index contributed by atoms with van der Waals surface area (Å²) >= 11 is 1.40. The van der Waals surface area contributed by atoms with Crippen LogP contribution < -0.4 is 0 Å². The van der Waals surface area contributed by atoms with E-state index in [1.165, 1.54) is 11.3 Å². The molecule has 0 aromatic carbocycles. The van der Waals surface area contributed by atoms with Gasteiger partial charge in [0.05, 0.1) is 11.2 Å². The Balaban J connectivity index is 2.98. The van der Waals surface area contributed by atoms with Gasteiger partial charge in [-0.1, -0.05) is 0 Å². The number of carbonyl (C=O) groups is 1. The maximum atomic E-state index is 10.6. The molecule has 0 fully saturated rings. The normalized spacial score (nSPS) is 11.6. The van der Waals surface area contributed by atoms with Crippen LogP contribution in [0.25, 0.3) is 0 Å². The van der Waals surface area contributed by atoms with E-state index in [1.54, 1.807) is 18.6 Å². The van der Waals surface area contributed by atoms with Gasteiger partial charge in [0.1, 0.15) is 0 Å². The summed E-state index contributed by atoms with van der Waals surface area (Å²) in [5.74, 6) is -0.894. The van der Waals surface area contributed by atoms with Crippen LogP contribution in [-0.2, 0) is 10.3 Å². The number of aromatic carboxylic acids is 1. The second kappa shape index (κ2) is 3.47. The molecule has 0 saturated carbocycles. The molecule has 13 heavy (non-hydrogen) atoms. The van der Waals surface area contributed by atoms with Gasteiger partial charge >= 0.3 is 5.97 Å². The summed E-state index contributed by atoms with van der Waals surface area (Å²) < 4.78 is 5.23. The molecule has 1 N–H and O–H groups in total. The Bertz CT molecular complexity index is 314. The molecule has 0 bridgehead atoms. The molecule has 3 nitrogen and oxygen atoms in total. The number of methoxy groups -OCH3 is 1. The van der Waals surface area contributed by atoms with E-state index >= 15 is 0 Å². The number of rotatable bonds is 3. The van der Waals surface area contributed by atoms with Gasteiger partial charge in [-0.3, -0.25) is 0 Å². The summed E-state index contributed by atoms with van der Waals surface area (Å²) in [6, 6.07) is 1.65. The molecular formula is C9H12O3S. The van der Waals surface area contributed by atoms with Gasteiger partial charge in [-0.2, -0.15) is 0 Å². The third-order valence-corrected chi connectivity index (χ3v) is 3.19. The summed E-state index contributed by atoms with van der Waals surface area (Å²) in [6.45, 7) is 3.81. The molecular weight excluding hydrogens is 188 g/mol. The van der Waals surface area contributed by atoms with E-state index in [4.69, 9.17) is 9.84 Å². The van der Waals surface area contributed by atoms with Crippen LogP contribution in [0.5, 0.6) is 0 Å². The summed E-state index contributed by atoms with van der Waals surface area (Å²) in [6.07, 6.45) is 0. The SMILES string of the molecule is COC(C)(C)c1cc(C(=O)O)cs1. The van der Waals surface area contributed by atoms with Crippen LogP contribution in [0.1, 0.15) is 29.1 Å². The summed E-state index contributed by atoms with van der Waals surface area (Å²) in [4.78, 5) is 11.5. The Hall–Kier alpha value is -0.870. The van der Waals surface area contributed by atoms with E-state index in [9.17, 15) is 4.79 Å². The molecule has 0 atom stereocenters. The lowest BCUT2D eigenvalue weighted by Crippen LogP contribution is -2.17. The molecule has 0 spiro atoms. The molecule has 0 unspecified atom stereocenters. The lowest BCUT2D eigenvalue weighted by Gasteiger charge is -2.20. The molecule has 1 heterocycles. The molecule has 1 rings (SSSR count). The second-order valence-corrected chi connectivity index (χ2v) is 4.13. The highest BCUT2D eigenvalue weighted by Crippen LogP contribution is 2.29. The van der Waals surface area contributed by atoms with Crippen molar-refractivity contribution in [3.63, 3.8) is 0 Å². The first-order chi connectivity index (χ1) is 5.97. The number of carboxylic acids is 1. The van der Waals surface area contributed by atoms with E-state index in [-0.39, 0.29) is 0 Å². The van der Waals surface area contributed by atoms with Crippen LogP contribution >= 0.6 is 11.3 Å². The number of thiophene rings is 1. The fraction of sp³-hybridized carbons (Fsp3) is 0.444. The average molecular weight is 200 g/mol. The average Bonchev–Trinajstić information content (AvgIpc) is 2.52. The maximum absolute atomic E-state index is 10.6. The summed E-state index contributed by atoms with van der Waals surface area (Å²) in [5, 5.41) is 10.3. The minimum absolute atomic E-state index is 0.324. The lowest BCUT2D eigenvalue weighted by atomic mass is 10.1. The van der Waals surface area contributed by atoms with Gasteiger partial charge in [-0.25, -0.2) is 4.79 Å². The predicted octanol–water partition coefficient (Wildman–Crippen LogP) is 2.33. The number of hydrogen-bond acceptors (Lipinski definition) is 3. The van der Waals surface area contributed by atoms with Gasteiger partial charge in [0.2, 0.25) is 0 Å². The maximum Gasteiger partial charge on any atom is 0.336 e. The van der Waals surface area contributed by atoms with Crippen molar-refractivity contribution in [1.29, 1.82) is 0 Å². The van der Waals surface area contributed by atoms with Crippen molar-refractivity contribution in [2.75, 3.05) is 7.11 Å². The second-order valence-electron chi connectivity index (χ2n) is 3.22. The Kier molecular flexibility index (Phi) is 2.73. The highest BCUT2D eigenvalue weighted by molar-refractivity contribution is 7.10. The monoisotopic (exact) mass is 200 g/mol. The van der Waals surface area contributed by atoms with Crippen LogP contribution in [0.2, 0.25) is 0 Å². The van der Waals surface area contributed by atoms with Gasteiger partial charge in [0.25, 0.3) is 0 Å². The van der Waals surface area contributed by atoms with Crippen molar-refractivity contribution in [1.82, 2.24) is 0 Å². The largest absolute Gasteiger partial charge is 0.478 e. The van der Waals surface area contributed by atoms with E-state index < -0.39 is 11.6 Å². The van der Waals surface area contributed by atoms with Crippen LogP contribution in [0, 0.1) is 0 Å². The van der Waals surface area contributed by atoms with Gasteiger partial charge in [0.15, 0.2) is 0 Å². The minimum Gasteiger partial charge on any atom is -0.478 e. The number of ether oxygens (including phenoxy) is 1. The van der Waals surface area contributed by atoms with Crippen molar-refractivity contribution >= 4 is 17.3 Å². The van der Waals surface area contributed by atoms with Crippen LogP contribution in [-0.4, -0.2) is 18.2 Å². The molecule has 0 saturated heterocycles. The lowest BCUT2D eigenvalue weighted by molar-refractivity contribution is 0.0223. The Morgan fingerprint density at radius 3 is 2.62 bits per heavy atom. The fourth-order valence-corrected chi connectivity index (χ4v) is 1.85. The zero-order chi connectivity index (χ0) is 10.1. The van der Waals surface area contributed by atoms with Gasteiger partial charge in [-0.05, 0) is 19.9 Å². The van der Waals surface area contributed by atoms with Gasteiger partial charge in [0, 0.05) is 17.4 Å². The molecule has 4 heteroatoms. The zero-order valence-corrected chi connectivity index (χ0v) is 8.64. The van der Waals surface area contributed by atoms with Crippen molar-refractivity contribution < 1.29 is 14.6 Å². The predicted molar refractivity (Wildman–Crippen MR) is 51.3 cm³/mol. The van der Waals surface area contributed by atoms with E-state index in [1.807, 2.05) is 13.8 Å². The Morgan fingerprint density at radius 1 is 1.62 bits per heavy atom. The quantitative estimate of drug-likeness (QED) is 0.814. The molecule has 0 aliphatic heterocycles. The van der Waals surface area contributed by atoms with Crippen molar-refractivity contribution in [3.05, 3.63) is 21.9 Å². The first-order valence-corrected chi connectivity index (χ1v) is 4.73. The molecule has 1 aromatic heterocycles. The van der Waals surface area contributed by atoms with E-state index in [0.717, 1.165) is 4.88 Å². The summed E-state index contributed by atoms with van der Waals surface area (Å²) in [5.41, 5.74) is -0.0802. The minimum atomic E-state index is -0.894.